The quantitative estimate of drug-likeness (QED) is 0.324. The van der Waals surface area contributed by atoms with Gasteiger partial charge in [0.25, 0.3) is 0 Å². The van der Waals surface area contributed by atoms with Gasteiger partial charge in [-0.05, 0) is 30.2 Å². The molecule has 2 heterocycles. The van der Waals surface area contributed by atoms with Crippen LogP contribution in [0.5, 0.6) is 0 Å². The zero-order chi connectivity index (χ0) is 20.9. The summed E-state index contributed by atoms with van der Waals surface area (Å²) in [6.07, 6.45) is 1.87. The Balaban J connectivity index is 1.55. The van der Waals surface area contributed by atoms with E-state index in [2.05, 4.69) is 60.0 Å². The number of thioether (sulfide) groups is 1. The number of hydrogen-bond acceptors (Lipinski definition) is 5. The number of benzene rings is 2. The lowest BCUT2D eigenvalue weighted by molar-refractivity contribution is -0.113. The SMILES string of the molecule is Cc1csc(NC(=O)CSc2ncc(-c3ccc(Br)cc3)n2Cc2ccccc2)n1. The van der Waals surface area contributed by atoms with Crippen LogP contribution in [0.1, 0.15) is 11.3 Å². The summed E-state index contributed by atoms with van der Waals surface area (Å²) in [5.74, 6) is 0.179. The first-order valence-electron chi connectivity index (χ1n) is 9.28. The minimum absolute atomic E-state index is 0.0891. The summed E-state index contributed by atoms with van der Waals surface area (Å²) >= 11 is 6.35. The van der Waals surface area contributed by atoms with Crippen LogP contribution in [0.4, 0.5) is 5.13 Å². The summed E-state index contributed by atoms with van der Waals surface area (Å²) in [6, 6.07) is 18.4. The lowest BCUT2D eigenvalue weighted by Crippen LogP contribution is -2.14. The highest BCUT2D eigenvalue weighted by molar-refractivity contribution is 9.10. The molecule has 0 saturated carbocycles. The van der Waals surface area contributed by atoms with Crippen molar-refractivity contribution in [2.24, 2.45) is 0 Å². The maximum Gasteiger partial charge on any atom is 0.236 e. The Hall–Kier alpha value is -2.42. The number of carbonyl (C=O) groups is 1. The Kier molecular flexibility index (Phi) is 6.66. The number of thiazole rings is 1. The molecule has 0 saturated heterocycles. The number of amides is 1. The molecule has 8 heteroatoms. The molecule has 2 aromatic heterocycles. The van der Waals surface area contributed by atoms with Crippen LogP contribution in [-0.4, -0.2) is 26.2 Å². The van der Waals surface area contributed by atoms with Gasteiger partial charge in [-0.1, -0.05) is 70.2 Å². The van der Waals surface area contributed by atoms with Gasteiger partial charge < -0.3 is 9.88 Å². The van der Waals surface area contributed by atoms with E-state index in [0.29, 0.717) is 11.7 Å². The van der Waals surface area contributed by atoms with Crippen molar-refractivity contribution in [2.75, 3.05) is 11.1 Å². The van der Waals surface area contributed by atoms with Crippen LogP contribution in [0.15, 0.2) is 75.8 Å². The van der Waals surface area contributed by atoms with Crippen molar-refractivity contribution < 1.29 is 4.79 Å². The number of aromatic nitrogens is 3. The molecular weight excluding hydrogens is 480 g/mol. The lowest BCUT2D eigenvalue weighted by atomic mass is 10.1. The number of imidazole rings is 1. The molecule has 0 radical (unpaired) electrons. The standard InChI is InChI=1S/C22H19BrN4OS2/c1-15-13-29-21(25-15)26-20(28)14-30-22-24-11-19(17-7-9-18(23)10-8-17)27(22)12-16-5-3-2-4-6-16/h2-11,13H,12,14H2,1H3,(H,25,26,28). The molecule has 152 valence electrons. The second-order valence-electron chi connectivity index (χ2n) is 6.64. The number of anilines is 1. The maximum absolute atomic E-state index is 12.4. The number of halogens is 1. The highest BCUT2D eigenvalue weighted by Gasteiger charge is 2.15. The highest BCUT2D eigenvalue weighted by Crippen LogP contribution is 2.28. The Bertz CT molecular complexity index is 1140. The van der Waals surface area contributed by atoms with Crippen molar-refractivity contribution in [3.05, 3.63) is 81.9 Å². The largest absolute Gasteiger partial charge is 0.314 e. The fourth-order valence-electron chi connectivity index (χ4n) is 2.94. The minimum atomic E-state index is -0.0891. The van der Waals surface area contributed by atoms with E-state index in [1.807, 2.05) is 48.8 Å². The fourth-order valence-corrected chi connectivity index (χ4v) is 4.69. The van der Waals surface area contributed by atoms with E-state index in [-0.39, 0.29) is 11.7 Å². The van der Waals surface area contributed by atoms with Crippen molar-refractivity contribution in [3.8, 4) is 11.3 Å². The topological polar surface area (TPSA) is 59.8 Å². The van der Waals surface area contributed by atoms with Gasteiger partial charge >= 0.3 is 0 Å². The van der Waals surface area contributed by atoms with Crippen molar-refractivity contribution >= 4 is 50.1 Å². The van der Waals surface area contributed by atoms with Crippen LogP contribution in [0.2, 0.25) is 0 Å². The first-order valence-corrected chi connectivity index (χ1v) is 11.9. The van der Waals surface area contributed by atoms with E-state index in [0.717, 1.165) is 26.6 Å². The van der Waals surface area contributed by atoms with E-state index >= 15 is 0 Å². The first-order chi connectivity index (χ1) is 14.6. The Labute approximate surface area is 191 Å². The molecule has 0 aliphatic heterocycles. The van der Waals surface area contributed by atoms with Gasteiger partial charge in [-0.3, -0.25) is 4.79 Å². The Morgan fingerprint density at radius 3 is 2.63 bits per heavy atom. The number of rotatable bonds is 7. The Morgan fingerprint density at radius 2 is 1.93 bits per heavy atom. The zero-order valence-electron chi connectivity index (χ0n) is 16.2. The molecule has 0 aliphatic rings. The molecule has 1 N–H and O–H groups in total. The summed E-state index contributed by atoms with van der Waals surface area (Å²) in [6.45, 7) is 2.59. The van der Waals surface area contributed by atoms with E-state index in [4.69, 9.17) is 0 Å². The van der Waals surface area contributed by atoms with Crippen molar-refractivity contribution in [3.63, 3.8) is 0 Å². The van der Waals surface area contributed by atoms with Gasteiger partial charge in [0.2, 0.25) is 5.91 Å². The third kappa shape index (κ3) is 5.19. The van der Waals surface area contributed by atoms with Gasteiger partial charge in [0.15, 0.2) is 10.3 Å². The van der Waals surface area contributed by atoms with Crippen LogP contribution in [0.3, 0.4) is 0 Å². The smallest absolute Gasteiger partial charge is 0.236 e. The zero-order valence-corrected chi connectivity index (χ0v) is 19.4. The third-order valence-corrected chi connectivity index (χ3v) is 6.73. The van der Waals surface area contributed by atoms with Crippen LogP contribution in [0.25, 0.3) is 11.3 Å². The van der Waals surface area contributed by atoms with Crippen LogP contribution < -0.4 is 5.32 Å². The summed E-state index contributed by atoms with van der Waals surface area (Å²) in [5.41, 5.74) is 4.18. The molecule has 4 aromatic rings. The van der Waals surface area contributed by atoms with E-state index in [1.165, 1.54) is 28.7 Å². The van der Waals surface area contributed by atoms with Crippen molar-refractivity contribution in [1.82, 2.24) is 14.5 Å². The van der Waals surface area contributed by atoms with Crippen LogP contribution >= 0.6 is 39.0 Å². The molecular formula is C22H19BrN4OS2. The van der Waals surface area contributed by atoms with Gasteiger partial charge in [0.05, 0.1) is 29.9 Å². The molecule has 5 nitrogen and oxygen atoms in total. The molecule has 2 aromatic carbocycles. The first kappa shape index (κ1) is 20.8. The molecule has 4 rings (SSSR count). The number of hydrogen-bond donors (Lipinski definition) is 1. The van der Waals surface area contributed by atoms with Gasteiger partial charge in [-0.15, -0.1) is 11.3 Å². The van der Waals surface area contributed by atoms with Gasteiger partial charge in [0, 0.05) is 9.85 Å². The molecule has 0 spiro atoms. The normalized spacial score (nSPS) is 10.9. The molecule has 0 unspecified atom stereocenters. The summed E-state index contributed by atoms with van der Waals surface area (Å²) in [4.78, 5) is 21.3. The number of carbonyl (C=O) groups excluding carboxylic acids is 1. The molecule has 30 heavy (non-hydrogen) atoms. The predicted molar refractivity (Wildman–Crippen MR) is 127 cm³/mol. The molecule has 0 aliphatic carbocycles. The van der Waals surface area contributed by atoms with E-state index in [1.54, 1.807) is 0 Å². The third-order valence-electron chi connectivity index (χ3n) is 4.34. The van der Waals surface area contributed by atoms with E-state index in [9.17, 15) is 4.79 Å². The lowest BCUT2D eigenvalue weighted by Gasteiger charge is -2.12. The van der Waals surface area contributed by atoms with Gasteiger partial charge in [-0.25, -0.2) is 9.97 Å². The second kappa shape index (κ2) is 9.59. The van der Waals surface area contributed by atoms with Gasteiger partial charge in [0.1, 0.15) is 0 Å². The van der Waals surface area contributed by atoms with Crippen LogP contribution in [-0.2, 0) is 11.3 Å². The summed E-state index contributed by atoms with van der Waals surface area (Å²) in [7, 11) is 0. The van der Waals surface area contributed by atoms with Crippen molar-refractivity contribution in [1.29, 1.82) is 0 Å². The molecule has 0 fully saturated rings. The number of nitrogens with zero attached hydrogens (tertiary/aromatic N) is 3. The Morgan fingerprint density at radius 1 is 1.17 bits per heavy atom. The number of nitrogens with one attached hydrogen (secondary N) is 1. The minimum Gasteiger partial charge on any atom is -0.314 e. The fraction of sp³-hybridized carbons (Fsp3) is 0.136. The molecule has 0 atom stereocenters. The maximum atomic E-state index is 12.4. The van der Waals surface area contributed by atoms with Crippen LogP contribution in [0, 0.1) is 6.92 Å². The van der Waals surface area contributed by atoms with Gasteiger partial charge in [-0.2, -0.15) is 0 Å². The summed E-state index contributed by atoms with van der Waals surface area (Å²) in [5, 5.41) is 6.20. The predicted octanol–water partition coefficient (Wildman–Crippen LogP) is 5.86. The number of aryl methyl sites for hydroxylation is 1. The monoisotopic (exact) mass is 498 g/mol. The van der Waals surface area contributed by atoms with E-state index < -0.39 is 0 Å². The highest BCUT2D eigenvalue weighted by atomic mass is 79.9. The average molecular weight is 499 g/mol. The summed E-state index contributed by atoms with van der Waals surface area (Å²) < 4.78 is 3.19. The molecule has 0 bridgehead atoms. The van der Waals surface area contributed by atoms with Crippen molar-refractivity contribution in [2.45, 2.75) is 18.6 Å². The second-order valence-corrected chi connectivity index (χ2v) is 9.35. The average Bonchev–Trinajstić information content (AvgIpc) is 3.34. The molecule has 1 amide bonds.